The highest BCUT2D eigenvalue weighted by molar-refractivity contribution is 6.00. The highest BCUT2D eigenvalue weighted by atomic mass is 19.1. The van der Waals surface area contributed by atoms with Crippen LogP contribution >= 0.6 is 0 Å². The molecule has 19 heavy (non-hydrogen) atoms. The second-order valence-electron chi connectivity index (χ2n) is 4.40. The van der Waals surface area contributed by atoms with E-state index < -0.39 is 17.7 Å². The Labute approximate surface area is 108 Å². The summed E-state index contributed by atoms with van der Waals surface area (Å²) in [5, 5.41) is 0. The van der Waals surface area contributed by atoms with Crippen LogP contribution in [-0.2, 0) is 0 Å². The molecule has 96 valence electrons. The fourth-order valence-corrected chi connectivity index (χ4v) is 2.21. The van der Waals surface area contributed by atoms with Crippen LogP contribution in [0.2, 0.25) is 0 Å². The van der Waals surface area contributed by atoms with E-state index in [1.807, 2.05) is 0 Å². The zero-order valence-electron chi connectivity index (χ0n) is 9.90. The molecule has 0 amide bonds. The molecule has 3 rings (SSSR count). The van der Waals surface area contributed by atoms with E-state index in [1.165, 1.54) is 18.2 Å². The molecule has 1 aliphatic heterocycles. The van der Waals surface area contributed by atoms with Gasteiger partial charge in [-0.2, -0.15) is 0 Å². The van der Waals surface area contributed by atoms with Crippen LogP contribution in [0.3, 0.4) is 0 Å². The quantitative estimate of drug-likeness (QED) is 0.782. The summed E-state index contributed by atoms with van der Waals surface area (Å²) in [5.74, 6) is -0.917. The van der Waals surface area contributed by atoms with Gasteiger partial charge in [-0.05, 0) is 18.2 Å². The first-order chi connectivity index (χ1) is 9.15. The minimum Gasteiger partial charge on any atom is -0.484 e. The third-order valence-electron chi connectivity index (χ3n) is 3.14. The largest absolute Gasteiger partial charge is 0.484 e. The molecular formula is C15H10F2O2. The minimum atomic E-state index is -0.706. The van der Waals surface area contributed by atoms with Gasteiger partial charge < -0.3 is 4.74 Å². The van der Waals surface area contributed by atoms with Gasteiger partial charge in [-0.25, -0.2) is 8.78 Å². The Balaban J connectivity index is 2.01. The molecular weight excluding hydrogens is 250 g/mol. The second-order valence-corrected chi connectivity index (χ2v) is 4.40. The smallest absolute Gasteiger partial charge is 0.170 e. The lowest BCUT2D eigenvalue weighted by molar-refractivity contribution is 0.0845. The third kappa shape index (κ3) is 2.10. The van der Waals surface area contributed by atoms with Gasteiger partial charge in [-0.3, -0.25) is 4.79 Å². The molecule has 4 heteroatoms. The van der Waals surface area contributed by atoms with Gasteiger partial charge in [0.25, 0.3) is 0 Å². The van der Waals surface area contributed by atoms with Crippen molar-refractivity contribution in [3.63, 3.8) is 0 Å². The monoisotopic (exact) mass is 260 g/mol. The first-order valence-corrected chi connectivity index (χ1v) is 5.89. The fourth-order valence-electron chi connectivity index (χ4n) is 2.21. The van der Waals surface area contributed by atoms with E-state index in [0.717, 1.165) is 6.07 Å². The fraction of sp³-hybridized carbons (Fsp3) is 0.133. The van der Waals surface area contributed by atoms with Gasteiger partial charge in [0.15, 0.2) is 5.78 Å². The summed E-state index contributed by atoms with van der Waals surface area (Å²) in [6.07, 6.45) is -0.650. The van der Waals surface area contributed by atoms with Crippen molar-refractivity contribution < 1.29 is 18.3 Å². The predicted octanol–water partition coefficient (Wildman–Crippen LogP) is 3.67. The molecule has 2 aromatic rings. The molecule has 0 fully saturated rings. The summed E-state index contributed by atoms with van der Waals surface area (Å²) in [6.45, 7) is 0. The van der Waals surface area contributed by atoms with Gasteiger partial charge in [-0.15, -0.1) is 0 Å². The number of halogens is 2. The molecule has 0 saturated carbocycles. The maximum Gasteiger partial charge on any atom is 0.170 e. The lowest BCUT2D eigenvalue weighted by Gasteiger charge is -2.25. The molecule has 1 unspecified atom stereocenters. The van der Waals surface area contributed by atoms with Gasteiger partial charge in [0.1, 0.15) is 23.5 Å². The summed E-state index contributed by atoms with van der Waals surface area (Å²) < 4.78 is 32.4. The molecule has 1 aliphatic rings. The number of ketones is 1. The SMILES string of the molecule is O=C1CC(c2ccccc2F)Oc2cc(F)ccc21. The Morgan fingerprint density at radius 3 is 2.68 bits per heavy atom. The number of carbonyl (C=O) groups is 1. The number of hydrogen-bond acceptors (Lipinski definition) is 2. The molecule has 0 aromatic heterocycles. The molecule has 1 heterocycles. The van der Waals surface area contributed by atoms with Crippen molar-refractivity contribution in [2.45, 2.75) is 12.5 Å². The van der Waals surface area contributed by atoms with E-state index in [1.54, 1.807) is 18.2 Å². The molecule has 0 spiro atoms. The molecule has 2 aromatic carbocycles. The standard InChI is InChI=1S/C15H10F2O2/c16-9-5-6-11-13(18)8-15(19-14(11)7-9)10-3-1-2-4-12(10)17/h1-7,15H,8H2. The van der Waals surface area contributed by atoms with Crippen molar-refractivity contribution in [3.8, 4) is 5.75 Å². The van der Waals surface area contributed by atoms with Crippen molar-refractivity contribution in [2.75, 3.05) is 0 Å². The summed E-state index contributed by atoms with van der Waals surface area (Å²) in [6, 6.07) is 9.88. The lowest BCUT2D eigenvalue weighted by Crippen LogP contribution is -2.21. The molecule has 0 saturated heterocycles. The number of carbonyl (C=O) groups excluding carboxylic acids is 1. The first kappa shape index (κ1) is 11.8. The van der Waals surface area contributed by atoms with Crippen molar-refractivity contribution in [1.29, 1.82) is 0 Å². The zero-order valence-corrected chi connectivity index (χ0v) is 9.90. The molecule has 2 nitrogen and oxygen atoms in total. The maximum atomic E-state index is 13.7. The van der Waals surface area contributed by atoms with E-state index in [4.69, 9.17) is 4.74 Å². The van der Waals surface area contributed by atoms with Crippen molar-refractivity contribution >= 4 is 5.78 Å². The van der Waals surface area contributed by atoms with E-state index in [0.29, 0.717) is 11.1 Å². The number of benzene rings is 2. The van der Waals surface area contributed by atoms with Crippen LogP contribution in [0.15, 0.2) is 42.5 Å². The number of Topliss-reactive ketones (excluding diaryl/α,β-unsaturated/α-hetero) is 1. The molecule has 0 N–H and O–H groups in total. The maximum absolute atomic E-state index is 13.7. The summed E-state index contributed by atoms with van der Waals surface area (Å²) in [5.41, 5.74) is 0.653. The van der Waals surface area contributed by atoms with Gasteiger partial charge in [0.2, 0.25) is 0 Å². The van der Waals surface area contributed by atoms with E-state index in [9.17, 15) is 13.6 Å². The second kappa shape index (κ2) is 4.46. The highest BCUT2D eigenvalue weighted by Crippen LogP contribution is 2.35. The van der Waals surface area contributed by atoms with Crippen molar-refractivity contribution in [1.82, 2.24) is 0 Å². The van der Waals surface area contributed by atoms with Gasteiger partial charge in [0, 0.05) is 11.6 Å². The van der Waals surface area contributed by atoms with Crippen LogP contribution < -0.4 is 4.74 Å². The van der Waals surface area contributed by atoms with Crippen LogP contribution in [0.4, 0.5) is 8.78 Å². The Morgan fingerprint density at radius 2 is 1.89 bits per heavy atom. The minimum absolute atomic E-state index is 0.0551. The first-order valence-electron chi connectivity index (χ1n) is 5.89. The highest BCUT2D eigenvalue weighted by Gasteiger charge is 2.29. The summed E-state index contributed by atoms with van der Waals surface area (Å²) >= 11 is 0. The van der Waals surface area contributed by atoms with Crippen molar-refractivity contribution in [2.24, 2.45) is 0 Å². The van der Waals surface area contributed by atoms with E-state index in [-0.39, 0.29) is 18.0 Å². The Kier molecular flexibility index (Phi) is 2.78. The predicted molar refractivity (Wildman–Crippen MR) is 65.1 cm³/mol. The number of hydrogen-bond donors (Lipinski definition) is 0. The number of rotatable bonds is 1. The van der Waals surface area contributed by atoms with E-state index in [2.05, 4.69) is 0 Å². The van der Waals surface area contributed by atoms with Gasteiger partial charge >= 0.3 is 0 Å². The molecule has 1 atom stereocenters. The topological polar surface area (TPSA) is 26.3 Å². The van der Waals surface area contributed by atoms with Crippen LogP contribution in [0, 0.1) is 11.6 Å². The molecule has 0 aliphatic carbocycles. The zero-order chi connectivity index (χ0) is 13.4. The summed E-state index contributed by atoms with van der Waals surface area (Å²) in [7, 11) is 0. The number of fused-ring (bicyclic) bond motifs is 1. The van der Waals surface area contributed by atoms with Crippen LogP contribution in [0.5, 0.6) is 5.75 Å². The number of ether oxygens (including phenoxy) is 1. The lowest BCUT2D eigenvalue weighted by atomic mass is 9.96. The van der Waals surface area contributed by atoms with Crippen LogP contribution in [0.25, 0.3) is 0 Å². The molecule has 0 radical (unpaired) electrons. The average molecular weight is 260 g/mol. The summed E-state index contributed by atoms with van der Waals surface area (Å²) in [4.78, 5) is 12.0. The normalized spacial score (nSPS) is 17.8. The Morgan fingerprint density at radius 1 is 1.11 bits per heavy atom. The average Bonchev–Trinajstić information content (AvgIpc) is 2.38. The van der Waals surface area contributed by atoms with Crippen LogP contribution in [-0.4, -0.2) is 5.78 Å². The van der Waals surface area contributed by atoms with Gasteiger partial charge in [0.05, 0.1) is 12.0 Å². The van der Waals surface area contributed by atoms with E-state index >= 15 is 0 Å². The van der Waals surface area contributed by atoms with Crippen molar-refractivity contribution in [3.05, 3.63) is 65.2 Å². The Hall–Kier alpha value is -2.23. The van der Waals surface area contributed by atoms with Gasteiger partial charge in [-0.1, -0.05) is 18.2 Å². The third-order valence-corrected chi connectivity index (χ3v) is 3.14. The molecule has 0 bridgehead atoms. The Bertz CT molecular complexity index is 652. The van der Waals surface area contributed by atoms with Crippen LogP contribution in [0.1, 0.15) is 28.4 Å².